The summed E-state index contributed by atoms with van der Waals surface area (Å²) < 4.78 is 0. The van der Waals surface area contributed by atoms with E-state index in [0.717, 1.165) is 10.9 Å². The molecule has 3 aromatic rings. The third-order valence-electron chi connectivity index (χ3n) is 4.18. The van der Waals surface area contributed by atoms with Gasteiger partial charge in [-0.2, -0.15) is 0 Å². The first kappa shape index (κ1) is 24.0. The van der Waals surface area contributed by atoms with Gasteiger partial charge in [0.25, 0.3) is 0 Å². The number of ketones is 1. The molecule has 28 heavy (non-hydrogen) atoms. The molecule has 1 N–H and O–H groups in total. The summed E-state index contributed by atoms with van der Waals surface area (Å²) in [5, 5.41) is 13.0. The number of carbonyl (C=O) groups is 1. The van der Waals surface area contributed by atoms with Gasteiger partial charge < -0.3 is 10.1 Å². The van der Waals surface area contributed by atoms with Crippen LogP contribution in [0.3, 0.4) is 0 Å². The fraction of sp³-hybridized carbons (Fsp3) is 0.333. The van der Waals surface area contributed by atoms with Gasteiger partial charge in [-0.1, -0.05) is 59.7 Å². The number of nitrogens with zero attached hydrogens (tertiary/aromatic N) is 1. The van der Waals surface area contributed by atoms with Gasteiger partial charge in [0.2, 0.25) is 0 Å². The standard InChI is InChI=1S/C13H8N.C11H20O2.Ir/c1-2-6-12-10(4-1)7-8-11-5-3-9-14-13(11)12;1-10(2,3)8(12)7-9(13)11(4,5)6;/h1-5,7-9H;7,12H,1-6H3;/q-1;;. The summed E-state index contributed by atoms with van der Waals surface area (Å²) in [4.78, 5) is 15.9. The SMILES string of the molecule is CC(C)(C)C(=O)C=C(O)C(C)(C)C.[Ir].[c-]1cccc2ccc3cccnc3c12. The molecule has 3 nitrogen and oxygen atoms in total. The zero-order chi connectivity index (χ0) is 20.2. The molecule has 0 aliphatic rings. The molecule has 0 atom stereocenters. The summed E-state index contributed by atoms with van der Waals surface area (Å²) >= 11 is 0. The van der Waals surface area contributed by atoms with Gasteiger partial charge in [-0.3, -0.25) is 4.79 Å². The Kier molecular flexibility index (Phi) is 8.10. The summed E-state index contributed by atoms with van der Waals surface area (Å²) in [6.45, 7) is 11.1. The first-order valence-corrected chi connectivity index (χ1v) is 9.10. The van der Waals surface area contributed by atoms with Crippen molar-refractivity contribution in [1.29, 1.82) is 0 Å². The van der Waals surface area contributed by atoms with Crippen LogP contribution in [-0.4, -0.2) is 15.9 Å². The normalized spacial score (nSPS) is 12.1. The number of pyridine rings is 1. The summed E-state index contributed by atoms with van der Waals surface area (Å²) in [7, 11) is 0. The molecule has 0 aliphatic carbocycles. The number of rotatable bonds is 1. The van der Waals surface area contributed by atoms with Crippen molar-refractivity contribution in [3.8, 4) is 0 Å². The summed E-state index contributed by atoms with van der Waals surface area (Å²) in [6.07, 6.45) is 3.16. The average molecular weight is 555 g/mol. The molecule has 1 aromatic heterocycles. The van der Waals surface area contributed by atoms with Crippen LogP contribution in [0.4, 0.5) is 0 Å². The van der Waals surface area contributed by atoms with Gasteiger partial charge in [-0.15, -0.1) is 35.0 Å². The zero-order valence-corrected chi connectivity index (χ0v) is 19.7. The van der Waals surface area contributed by atoms with Crippen molar-refractivity contribution in [2.24, 2.45) is 10.8 Å². The van der Waals surface area contributed by atoms with Crippen LogP contribution in [0.5, 0.6) is 0 Å². The van der Waals surface area contributed by atoms with E-state index in [1.165, 1.54) is 16.8 Å². The van der Waals surface area contributed by atoms with Gasteiger partial charge in [0.05, 0.1) is 0 Å². The Hall–Kier alpha value is -2.03. The van der Waals surface area contributed by atoms with Gasteiger partial charge in [0.15, 0.2) is 5.78 Å². The van der Waals surface area contributed by atoms with Crippen molar-refractivity contribution in [2.75, 3.05) is 0 Å². The fourth-order valence-corrected chi connectivity index (χ4v) is 2.29. The maximum Gasteiger partial charge on any atom is 0.164 e. The van der Waals surface area contributed by atoms with Crippen molar-refractivity contribution in [1.82, 2.24) is 4.98 Å². The number of carbonyl (C=O) groups excluding carboxylic acids is 1. The second kappa shape index (κ2) is 9.45. The maximum absolute atomic E-state index is 11.5. The molecule has 0 bridgehead atoms. The molecule has 0 unspecified atom stereocenters. The Morgan fingerprint density at radius 2 is 1.57 bits per heavy atom. The van der Waals surface area contributed by atoms with E-state index < -0.39 is 5.41 Å². The number of fused-ring (bicyclic) bond motifs is 3. The Bertz CT molecular complexity index is 924. The number of aromatic nitrogens is 1. The van der Waals surface area contributed by atoms with Crippen LogP contribution < -0.4 is 0 Å². The largest absolute Gasteiger partial charge is 0.512 e. The number of hydrogen-bond donors (Lipinski definition) is 1. The predicted octanol–water partition coefficient (Wildman–Crippen LogP) is 6.28. The molecular weight excluding hydrogens is 526 g/mol. The van der Waals surface area contributed by atoms with E-state index in [1.807, 2.05) is 65.9 Å². The monoisotopic (exact) mass is 555 g/mol. The second-order valence-corrected chi connectivity index (χ2v) is 8.67. The van der Waals surface area contributed by atoms with Crippen LogP contribution >= 0.6 is 0 Å². The number of benzene rings is 2. The number of aliphatic hydroxyl groups excluding tert-OH is 1. The van der Waals surface area contributed by atoms with Crippen molar-refractivity contribution in [3.05, 3.63) is 66.6 Å². The van der Waals surface area contributed by atoms with E-state index in [9.17, 15) is 9.90 Å². The van der Waals surface area contributed by atoms with Crippen molar-refractivity contribution in [2.45, 2.75) is 41.5 Å². The predicted molar refractivity (Wildman–Crippen MR) is 113 cm³/mol. The number of hydrogen-bond acceptors (Lipinski definition) is 3. The number of allylic oxidation sites excluding steroid dienone is 2. The first-order valence-electron chi connectivity index (χ1n) is 9.10. The minimum absolute atomic E-state index is 0. The maximum atomic E-state index is 11.5. The summed E-state index contributed by atoms with van der Waals surface area (Å²) in [6, 6.07) is 17.5. The van der Waals surface area contributed by atoms with Crippen molar-refractivity contribution in [3.63, 3.8) is 0 Å². The topological polar surface area (TPSA) is 50.2 Å². The summed E-state index contributed by atoms with van der Waals surface area (Å²) in [5.74, 6) is 0.104. The third-order valence-corrected chi connectivity index (χ3v) is 4.18. The molecule has 4 heteroatoms. The van der Waals surface area contributed by atoms with Gasteiger partial charge in [-0.25, -0.2) is 0 Å². The molecular formula is C24H28IrNO2-. The van der Waals surface area contributed by atoms with E-state index in [-0.39, 0.29) is 37.1 Å². The molecule has 0 saturated carbocycles. The third kappa shape index (κ3) is 6.25. The first-order chi connectivity index (χ1) is 12.5. The Labute approximate surface area is 181 Å². The second-order valence-electron chi connectivity index (χ2n) is 8.67. The van der Waals surface area contributed by atoms with Crippen LogP contribution in [0, 0.1) is 16.9 Å². The van der Waals surface area contributed by atoms with Crippen LogP contribution in [0.1, 0.15) is 41.5 Å². The quantitative estimate of drug-likeness (QED) is 0.167. The Balaban J connectivity index is 0.000000272. The average Bonchev–Trinajstić information content (AvgIpc) is 2.60. The minimum atomic E-state index is -0.417. The van der Waals surface area contributed by atoms with E-state index in [4.69, 9.17) is 0 Å². The van der Waals surface area contributed by atoms with Crippen molar-refractivity contribution >= 4 is 27.5 Å². The molecule has 151 valence electrons. The van der Waals surface area contributed by atoms with Crippen molar-refractivity contribution < 1.29 is 30.0 Å². The van der Waals surface area contributed by atoms with E-state index >= 15 is 0 Å². The molecule has 1 radical (unpaired) electrons. The van der Waals surface area contributed by atoms with Crippen LogP contribution in [0.2, 0.25) is 0 Å². The van der Waals surface area contributed by atoms with Crippen LogP contribution in [0.15, 0.2) is 60.5 Å². The van der Waals surface area contributed by atoms with E-state index in [0.29, 0.717) is 0 Å². The smallest absolute Gasteiger partial charge is 0.164 e. The Morgan fingerprint density at radius 1 is 0.964 bits per heavy atom. The molecule has 3 rings (SSSR count). The van der Waals surface area contributed by atoms with Crippen LogP contribution in [0.25, 0.3) is 21.7 Å². The minimum Gasteiger partial charge on any atom is -0.512 e. The van der Waals surface area contributed by atoms with Gasteiger partial charge >= 0.3 is 0 Å². The fourth-order valence-electron chi connectivity index (χ4n) is 2.29. The molecule has 0 fully saturated rings. The van der Waals surface area contributed by atoms with Gasteiger partial charge in [0.1, 0.15) is 5.76 Å². The molecule has 2 aromatic carbocycles. The molecule has 0 saturated heterocycles. The van der Waals surface area contributed by atoms with Crippen LogP contribution in [-0.2, 0) is 24.9 Å². The van der Waals surface area contributed by atoms with Gasteiger partial charge in [-0.05, 0) is 17.0 Å². The molecule has 1 heterocycles. The van der Waals surface area contributed by atoms with Gasteiger partial charge in [0, 0.05) is 43.2 Å². The molecule has 0 spiro atoms. The Morgan fingerprint density at radius 3 is 2.18 bits per heavy atom. The summed E-state index contributed by atoms with van der Waals surface area (Å²) in [5.41, 5.74) is 0.269. The molecule has 0 aliphatic heterocycles. The number of aliphatic hydroxyl groups is 1. The van der Waals surface area contributed by atoms with E-state index in [1.54, 1.807) is 0 Å². The molecule has 0 amide bonds. The zero-order valence-electron chi connectivity index (χ0n) is 17.3. The van der Waals surface area contributed by atoms with E-state index in [2.05, 4.69) is 35.3 Å².